The molecule has 0 aliphatic carbocycles. The van der Waals surface area contributed by atoms with E-state index in [1.54, 1.807) is 0 Å². The Morgan fingerprint density at radius 1 is 1.27 bits per heavy atom. The number of terminal acetylenes is 1. The Kier molecular flexibility index (Phi) is 8.65. The third-order valence-electron chi connectivity index (χ3n) is 4.60. The second-order valence-corrected chi connectivity index (χ2v) is 6.20. The molecule has 0 aromatic heterocycles. The maximum atomic E-state index is 12.2. The number of unbranched alkanes of at least 4 members (excludes halogenated alkanes) is 2. The summed E-state index contributed by atoms with van der Waals surface area (Å²) in [6.07, 6.45) is 11.5. The largest absolute Gasteiger partial charge is 0.345 e. The summed E-state index contributed by atoms with van der Waals surface area (Å²) in [5.74, 6) is 3.51. The van der Waals surface area contributed by atoms with E-state index in [1.165, 1.54) is 0 Å². The quantitative estimate of drug-likeness (QED) is 0.553. The molecule has 4 heteroatoms. The highest BCUT2D eigenvalue weighted by atomic mass is 16.2. The molecule has 2 amide bonds. The molecule has 0 unspecified atom stereocenters. The number of piperidine rings is 1. The van der Waals surface area contributed by atoms with Gasteiger partial charge in [-0.15, -0.1) is 6.42 Å². The van der Waals surface area contributed by atoms with Crippen molar-refractivity contribution in [3.8, 4) is 12.3 Å². The minimum atomic E-state index is 0.0316. The Morgan fingerprint density at radius 2 is 2.05 bits per heavy atom. The number of likely N-dealkylation sites (tertiary alicyclic amines) is 1. The monoisotopic (exact) mass is 306 g/mol. The van der Waals surface area contributed by atoms with Gasteiger partial charge in [-0.2, -0.15) is 0 Å². The van der Waals surface area contributed by atoms with E-state index in [2.05, 4.69) is 25.1 Å². The Morgan fingerprint density at radius 3 is 2.68 bits per heavy atom. The molecule has 4 nitrogen and oxygen atoms in total. The summed E-state index contributed by atoms with van der Waals surface area (Å²) in [4.78, 5) is 26.1. The van der Waals surface area contributed by atoms with E-state index in [0.29, 0.717) is 31.2 Å². The van der Waals surface area contributed by atoms with Crippen LogP contribution in [0.2, 0.25) is 0 Å². The van der Waals surface area contributed by atoms with Gasteiger partial charge in [0.25, 0.3) is 0 Å². The molecule has 0 aromatic rings. The lowest BCUT2D eigenvalue weighted by atomic mass is 9.81. The molecule has 1 rings (SSSR count). The van der Waals surface area contributed by atoms with Crippen LogP contribution in [0.25, 0.3) is 0 Å². The fourth-order valence-electron chi connectivity index (χ4n) is 3.18. The van der Waals surface area contributed by atoms with Gasteiger partial charge in [-0.3, -0.25) is 9.59 Å². The first-order valence-electron chi connectivity index (χ1n) is 8.60. The summed E-state index contributed by atoms with van der Waals surface area (Å²) in [7, 11) is 0. The number of hydrogen-bond acceptors (Lipinski definition) is 2. The lowest BCUT2D eigenvalue weighted by molar-refractivity contribution is -0.134. The minimum Gasteiger partial charge on any atom is -0.345 e. The maximum Gasteiger partial charge on any atom is 0.222 e. The van der Waals surface area contributed by atoms with E-state index in [0.717, 1.165) is 45.2 Å². The van der Waals surface area contributed by atoms with Gasteiger partial charge < -0.3 is 10.2 Å². The molecule has 1 saturated heterocycles. The van der Waals surface area contributed by atoms with E-state index in [-0.39, 0.29) is 11.8 Å². The van der Waals surface area contributed by atoms with Crippen molar-refractivity contribution in [1.82, 2.24) is 10.2 Å². The van der Waals surface area contributed by atoms with Crippen LogP contribution >= 0.6 is 0 Å². The van der Waals surface area contributed by atoms with Crippen molar-refractivity contribution in [2.24, 2.45) is 11.8 Å². The van der Waals surface area contributed by atoms with E-state index in [4.69, 9.17) is 6.42 Å². The zero-order chi connectivity index (χ0) is 16.4. The van der Waals surface area contributed by atoms with E-state index >= 15 is 0 Å². The highest BCUT2D eigenvalue weighted by Gasteiger charge is 2.31. The number of amides is 2. The van der Waals surface area contributed by atoms with Crippen LogP contribution in [0.3, 0.4) is 0 Å². The van der Waals surface area contributed by atoms with Crippen molar-refractivity contribution in [3.63, 3.8) is 0 Å². The molecule has 1 heterocycles. The van der Waals surface area contributed by atoms with Gasteiger partial charge in [0.2, 0.25) is 11.8 Å². The van der Waals surface area contributed by atoms with Crippen molar-refractivity contribution in [3.05, 3.63) is 0 Å². The van der Waals surface area contributed by atoms with Crippen molar-refractivity contribution in [1.29, 1.82) is 0 Å². The predicted octanol–water partition coefficient (Wildman–Crippen LogP) is 2.58. The highest BCUT2D eigenvalue weighted by Crippen LogP contribution is 2.29. The Bertz CT molecular complexity index is 400. The van der Waals surface area contributed by atoms with Crippen LogP contribution in [0.4, 0.5) is 0 Å². The number of rotatable bonds is 8. The maximum absolute atomic E-state index is 12.2. The third kappa shape index (κ3) is 6.09. The first-order chi connectivity index (χ1) is 10.6. The fourth-order valence-corrected chi connectivity index (χ4v) is 3.18. The molecule has 0 spiro atoms. The molecule has 0 saturated carbocycles. The van der Waals surface area contributed by atoms with Crippen molar-refractivity contribution in [2.75, 3.05) is 19.6 Å². The summed E-state index contributed by atoms with van der Waals surface area (Å²) in [5.41, 5.74) is 0. The first-order valence-corrected chi connectivity index (χ1v) is 8.60. The van der Waals surface area contributed by atoms with Crippen LogP contribution in [0, 0.1) is 24.2 Å². The molecular formula is C18H30N2O2. The standard InChI is InChI=1S/C18H30N2O2/c1-4-7-8-9-18(22)20-12-10-16(15(6-3)14-20)13-17(21)19-11-5-2/h2,15-16H,4,6-14H2,1,3H3,(H,19,21)/t15-,16-/m0/s1. The SMILES string of the molecule is C#CCNC(=O)C[C@@H]1CCN(C(=O)CCCCC)C[C@@H]1CC. The number of nitrogens with one attached hydrogen (secondary N) is 1. The second kappa shape index (κ2) is 10.3. The van der Waals surface area contributed by atoms with Crippen LogP contribution in [0.15, 0.2) is 0 Å². The molecular weight excluding hydrogens is 276 g/mol. The molecule has 22 heavy (non-hydrogen) atoms. The van der Waals surface area contributed by atoms with Crippen molar-refractivity contribution < 1.29 is 9.59 Å². The molecule has 124 valence electrons. The van der Waals surface area contributed by atoms with Gasteiger partial charge in [-0.1, -0.05) is 39.0 Å². The lowest BCUT2D eigenvalue weighted by Crippen LogP contribution is -2.44. The van der Waals surface area contributed by atoms with Crippen molar-refractivity contribution in [2.45, 2.75) is 58.8 Å². The molecule has 1 aliphatic heterocycles. The highest BCUT2D eigenvalue weighted by molar-refractivity contribution is 5.77. The van der Waals surface area contributed by atoms with Crippen LogP contribution in [0.1, 0.15) is 58.8 Å². The lowest BCUT2D eigenvalue weighted by Gasteiger charge is -2.38. The Labute approximate surface area is 135 Å². The third-order valence-corrected chi connectivity index (χ3v) is 4.60. The van der Waals surface area contributed by atoms with Gasteiger partial charge in [0.1, 0.15) is 0 Å². The molecule has 1 fully saturated rings. The number of hydrogen-bond donors (Lipinski definition) is 1. The average Bonchev–Trinajstić information content (AvgIpc) is 2.53. The van der Waals surface area contributed by atoms with Crippen molar-refractivity contribution >= 4 is 11.8 Å². The Balaban J connectivity index is 2.44. The molecule has 1 N–H and O–H groups in total. The normalized spacial score (nSPS) is 21.2. The van der Waals surface area contributed by atoms with Crippen LogP contribution < -0.4 is 5.32 Å². The minimum absolute atomic E-state index is 0.0316. The summed E-state index contributed by atoms with van der Waals surface area (Å²) in [6, 6.07) is 0. The average molecular weight is 306 g/mol. The van der Waals surface area contributed by atoms with Crippen LogP contribution in [0.5, 0.6) is 0 Å². The van der Waals surface area contributed by atoms with Gasteiger partial charge in [-0.25, -0.2) is 0 Å². The summed E-state index contributed by atoms with van der Waals surface area (Å²) >= 11 is 0. The predicted molar refractivity (Wildman–Crippen MR) is 89.1 cm³/mol. The Hall–Kier alpha value is -1.50. The summed E-state index contributed by atoms with van der Waals surface area (Å²) in [5, 5.41) is 2.74. The number of carbonyl (C=O) groups is 2. The van der Waals surface area contributed by atoms with Crippen LogP contribution in [-0.2, 0) is 9.59 Å². The zero-order valence-corrected chi connectivity index (χ0v) is 14.1. The van der Waals surface area contributed by atoms with E-state index < -0.39 is 0 Å². The zero-order valence-electron chi connectivity index (χ0n) is 14.1. The fraction of sp³-hybridized carbons (Fsp3) is 0.778. The molecule has 1 aliphatic rings. The summed E-state index contributed by atoms with van der Waals surface area (Å²) in [6.45, 7) is 6.17. The number of carbonyl (C=O) groups excluding carboxylic acids is 2. The number of nitrogens with zero attached hydrogens (tertiary/aromatic N) is 1. The topological polar surface area (TPSA) is 49.4 Å². The van der Waals surface area contributed by atoms with Gasteiger partial charge in [0.15, 0.2) is 0 Å². The van der Waals surface area contributed by atoms with E-state index in [9.17, 15) is 9.59 Å². The molecule has 0 bridgehead atoms. The van der Waals surface area contributed by atoms with E-state index in [1.807, 2.05) is 4.90 Å². The molecule has 0 radical (unpaired) electrons. The van der Waals surface area contributed by atoms with Gasteiger partial charge >= 0.3 is 0 Å². The van der Waals surface area contributed by atoms with Crippen LogP contribution in [-0.4, -0.2) is 36.3 Å². The summed E-state index contributed by atoms with van der Waals surface area (Å²) < 4.78 is 0. The second-order valence-electron chi connectivity index (χ2n) is 6.20. The molecule has 2 atom stereocenters. The van der Waals surface area contributed by atoms with Gasteiger partial charge in [0.05, 0.1) is 6.54 Å². The van der Waals surface area contributed by atoms with Gasteiger partial charge in [-0.05, 0) is 24.7 Å². The van der Waals surface area contributed by atoms with Gasteiger partial charge in [0, 0.05) is 25.9 Å². The molecule has 0 aromatic carbocycles. The first kappa shape index (κ1) is 18.5. The smallest absolute Gasteiger partial charge is 0.222 e.